The fourth-order valence-electron chi connectivity index (χ4n) is 3.48. The first kappa shape index (κ1) is 20.4. The van der Waals surface area contributed by atoms with Crippen molar-refractivity contribution in [1.82, 2.24) is 10.2 Å². The molecule has 0 bridgehead atoms. The molecular weight excluding hydrogens is 326 g/mol. The smallest absolute Gasteiger partial charge is 0.224 e. The quantitative estimate of drug-likeness (QED) is 0.786. The van der Waals surface area contributed by atoms with Gasteiger partial charge in [0, 0.05) is 32.6 Å². The van der Waals surface area contributed by atoms with Crippen LogP contribution in [0.1, 0.15) is 63.0 Å². The van der Waals surface area contributed by atoms with Crippen molar-refractivity contribution >= 4 is 11.8 Å². The third kappa shape index (κ3) is 5.56. The van der Waals surface area contributed by atoms with Crippen LogP contribution >= 0.6 is 0 Å². The predicted molar refractivity (Wildman–Crippen MR) is 105 cm³/mol. The summed E-state index contributed by atoms with van der Waals surface area (Å²) in [5.74, 6) is 0.735. The summed E-state index contributed by atoms with van der Waals surface area (Å²) in [5.41, 5.74) is 7.94. The van der Waals surface area contributed by atoms with E-state index >= 15 is 0 Å². The van der Waals surface area contributed by atoms with Crippen molar-refractivity contribution in [3.8, 4) is 0 Å². The molecule has 0 spiro atoms. The zero-order valence-corrected chi connectivity index (χ0v) is 16.3. The Hall–Kier alpha value is -1.88. The fraction of sp³-hybridized carbons (Fsp3) is 0.619. The number of carbonyl (C=O) groups excluding carboxylic acids is 2. The third-order valence-corrected chi connectivity index (χ3v) is 5.24. The van der Waals surface area contributed by atoms with E-state index in [1.807, 2.05) is 4.90 Å². The van der Waals surface area contributed by atoms with E-state index in [0.717, 1.165) is 19.4 Å². The average Bonchev–Trinajstić information content (AvgIpc) is 2.66. The average molecular weight is 360 g/mol. The van der Waals surface area contributed by atoms with Crippen molar-refractivity contribution in [2.75, 3.05) is 26.2 Å². The highest BCUT2D eigenvalue weighted by molar-refractivity contribution is 5.81. The number of amides is 2. The standard InChI is InChI=1S/C21H33N3O2/c1-15(2)17-6-8-18(9-7-17)16(3)13-20(25)24-12-4-5-19(14-24)21(26)23-11-10-22/h6-9,15-16,19H,4-5,10-14,22H2,1-3H3,(H,23,26). The Morgan fingerprint density at radius 2 is 1.85 bits per heavy atom. The van der Waals surface area contributed by atoms with E-state index in [1.54, 1.807) is 0 Å². The minimum Gasteiger partial charge on any atom is -0.355 e. The van der Waals surface area contributed by atoms with Crippen molar-refractivity contribution in [2.24, 2.45) is 11.7 Å². The molecule has 0 aromatic heterocycles. The van der Waals surface area contributed by atoms with Crippen LogP contribution in [0.5, 0.6) is 0 Å². The maximum absolute atomic E-state index is 12.7. The van der Waals surface area contributed by atoms with Crippen molar-refractivity contribution in [3.63, 3.8) is 0 Å². The summed E-state index contributed by atoms with van der Waals surface area (Å²) in [4.78, 5) is 26.7. The van der Waals surface area contributed by atoms with Crippen LogP contribution < -0.4 is 11.1 Å². The highest BCUT2D eigenvalue weighted by atomic mass is 16.2. The monoisotopic (exact) mass is 359 g/mol. The van der Waals surface area contributed by atoms with E-state index in [2.05, 4.69) is 50.4 Å². The zero-order chi connectivity index (χ0) is 19.1. The Kier molecular flexibility index (Phi) is 7.64. The molecule has 1 aromatic rings. The topological polar surface area (TPSA) is 75.4 Å². The lowest BCUT2D eigenvalue weighted by molar-refractivity contribution is -0.136. The van der Waals surface area contributed by atoms with Gasteiger partial charge in [-0.3, -0.25) is 9.59 Å². The molecular formula is C21H33N3O2. The molecule has 0 radical (unpaired) electrons. The van der Waals surface area contributed by atoms with Crippen molar-refractivity contribution in [1.29, 1.82) is 0 Å². The Labute approximate surface area is 157 Å². The Bertz CT molecular complexity index is 598. The van der Waals surface area contributed by atoms with Gasteiger partial charge >= 0.3 is 0 Å². The number of rotatable bonds is 7. The molecule has 26 heavy (non-hydrogen) atoms. The highest BCUT2D eigenvalue weighted by Gasteiger charge is 2.28. The molecule has 2 amide bonds. The van der Waals surface area contributed by atoms with E-state index in [0.29, 0.717) is 32.0 Å². The summed E-state index contributed by atoms with van der Waals surface area (Å²) in [5, 5.41) is 2.84. The molecule has 0 aliphatic carbocycles. The van der Waals surface area contributed by atoms with Crippen LogP contribution in [0.3, 0.4) is 0 Å². The number of nitrogens with one attached hydrogen (secondary N) is 1. The van der Waals surface area contributed by atoms with E-state index in [1.165, 1.54) is 11.1 Å². The van der Waals surface area contributed by atoms with Gasteiger partial charge in [-0.1, -0.05) is 45.0 Å². The molecule has 2 atom stereocenters. The predicted octanol–water partition coefficient (Wildman–Crippen LogP) is 2.62. The van der Waals surface area contributed by atoms with Crippen LogP contribution in [0.15, 0.2) is 24.3 Å². The van der Waals surface area contributed by atoms with Gasteiger partial charge in [0.2, 0.25) is 11.8 Å². The number of carbonyl (C=O) groups is 2. The summed E-state index contributed by atoms with van der Waals surface area (Å²) < 4.78 is 0. The lowest BCUT2D eigenvalue weighted by atomic mass is 9.92. The fourth-order valence-corrected chi connectivity index (χ4v) is 3.48. The second-order valence-electron chi connectivity index (χ2n) is 7.69. The maximum atomic E-state index is 12.7. The van der Waals surface area contributed by atoms with E-state index < -0.39 is 0 Å². The molecule has 1 heterocycles. The Morgan fingerprint density at radius 3 is 2.46 bits per heavy atom. The summed E-state index contributed by atoms with van der Waals surface area (Å²) >= 11 is 0. The van der Waals surface area contributed by atoms with Crippen molar-refractivity contribution in [2.45, 2.75) is 51.9 Å². The molecule has 5 heteroatoms. The molecule has 0 saturated carbocycles. The van der Waals surface area contributed by atoms with Crippen LogP contribution in [-0.4, -0.2) is 42.9 Å². The molecule has 2 rings (SSSR count). The SMILES string of the molecule is CC(C)c1ccc(C(C)CC(=O)N2CCCC(C(=O)NCCN)C2)cc1. The van der Waals surface area contributed by atoms with Gasteiger partial charge in [-0.2, -0.15) is 0 Å². The number of piperidine rings is 1. The molecule has 1 fully saturated rings. The summed E-state index contributed by atoms with van der Waals surface area (Å²) in [6.07, 6.45) is 2.20. The molecule has 1 aliphatic rings. The minimum absolute atomic E-state index is 0.0188. The number of nitrogens with two attached hydrogens (primary N) is 1. The first-order valence-corrected chi connectivity index (χ1v) is 9.77. The highest BCUT2D eigenvalue weighted by Crippen LogP contribution is 2.24. The summed E-state index contributed by atoms with van der Waals surface area (Å²) in [7, 11) is 0. The zero-order valence-electron chi connectivity index (χ0n) is 16.3. The Morgan fingerprint density at radius 1 is 1.19 bits per heavy atom. The molecule has 144 valence electrons. The van der Waals surface area contributed by atoms with E-state index in [4.69, 9.17) is 5.73 Å². The van der Waals surface area contributed by atoms with Gasteiger partial charge < -0.3 is 16.0 Å². The van der Waals surface area contributed by atoms with Crippen LogP contribution in [0.2, 0.25) is 0 Å². The number of benzene rings is 1. The maximum Gasteiger partial charge on any atom is 0.224 e. The third-order valence-electron chi connectivity index (χ3n) is 5.24. The largest absolute Gasteiger partial charge is 0.355 e. The molecule has 1 aromatic carbocycles. The molecule has 2 unspecified atom stereocenters. The molecule has 1 saturated heterocycles. The molecule has 1 aliphatic heterocycles. The summed E-state index contributed by atoms with van der Waals surface area (Å²) in [6, 6.07) is 8.57. The molecule has 3 N–H and O–H groups in total. The van der Waals surface area contributed by atoms with Gasteiger partial charge in [-0.05, 0) is 35.8 Å². The first-order valence-electron chi connectivity index (χ1n) is 9.77. The van der Waals surface area contributed by atoms with Crippen LogP contribution in [-0.2, 0) is 9.59 Å². The second-order valence-corrected chi connectivity index (χ2v) is 7.69. The van der Waals surface area contributed by atoms with Crippen LogP contribution in [0.25, 0.3) is 0 Å². The van der Waals surface area contributed by atoms with Gasteiger partial charge in [0.25, 0.3) is 0 Å². The number of hydrogen-bond donors (Lipinski definition) is 2. The number of hydrogen-bond acceptors (Lipinski definition) is 3. The first-order chi connectivity index (χ1) is 12.4. The van der Waals surface area contributed by atoms with Crippen molar-refractivity contribution in [3.05, 3.63) is 35.4 Å². The van der Waals surface area contributed by atoms with E-state index in [9.17, 15) is 9.59 Å². The number of likely N-dealkylation sites (tertiary alicyclic amines) is 1. The lowest BCUT2D eigenvalue weighted by Gasteiger charge is -2.32. The van der Waals surface area contributed by atoms with Crippen molar-refractivity contribution < 1.29 is 9.59 Å². The minimum atomic E-state index is -0.111. The summed E-state index contributed by atoms with van der Waals surface area (Å²) in [6.45, 7) is 8.65. The second kappa shape index (κ2) is 9.72. The lowest BCUT2D eigenvalue weighted by Crippen LogP contribution is -2.46. The number of nitrogens with zero attached hydrogens (tertiary/aromatic N) is 1. The van der Waals surface area contributed by atoms with Gasteiger partial charge in [-0.25, -0.2) is 0 Å². The van der Waals surface area contributed by atoms with E-state index in [-0.39, 0.29) is 23.7 Å². The van der Waals surface area contributed by atoms with Gasteiger partial charge in [-0.15, -0.1) is 0 Å². The Balaban J connectivity index is 1.90. The van der Waals surface area contributed by atoms with Crippen LogP contribution in [0.4, 0.5) is 0 Å². The van der Waals surface area contributed by atoms with Gasteiger partial charge in [0.15, 0.2) is 0 Å². The van der Waals surface area contributed by atoms with Gasteiger partial charge in [0.1, 0.15) is 0 Å². The van der Waals surface area contributed by atoms with Gasteiger partial charge in [0.05, 0.1) is 5.92 Å². The molecule has 5 nitrogen and oxygen atoms in total. The van der Waals surface area contributed by atoms with Crippen LogP contribution in [0, 0.1) is 5.92 Å². The normalized spacial score (nSPS) is 18.7.